The predicted octanol–water partition coefficient (Wildman–Crippen LogP) is 7.31. The zero-order valence-electron chi connectivity index (χ0n) is 23.1. The van der Waals surface area contributed by atoms with Gasteiger partial charge in [0.15, 0.2) is 12.0 Å². The van der Waals surface area contributed by atoms with Gasteiger partial charge in [0.2, 0.25) is 12.2 Å². The summed E-state index contributed by atoms with van der Waals surface area (Å²) in [5.41, 5.74) is 4.53. The molecule has 3 aromatic rings. The van der Waals surface area contributed by atoms with Gasteiger partial charge in [0, 0.05) is 17.4 Å². The Morgan fingerprint density at radius 3 is 2.21 bits per heavy atom. The van der Waals surface area contributed by atoms with Gasteiger partial charge in [-0.1, -0.05) is 72.7 Å². The highest BCUT2D eigenvalue weighted by molar-refractivity contribution is 5.89. The second kappa shape index (κ2) is 11.2. The molecule has 3 rings (SSSR count). The molecule has 1 aromatic heterocycles. The van der Waals surface area contributed by atoms with Crippen LogP contribution in [0.15, 0.2) is 42.5 Å². The monoisotopic (exact) mass is 530 g/mol. The van der Waals surface area contributed by atoms with Gasteiger partial charge in [0.05, 0.1) is 5.52 Å². The summed E-state index contributed by atoms with van der Waals surface area (Å²) < 4.78 is 47.6. The number of hydrogen-bond donors (Lipinski definition) is 1. The summed E-state index contributed by atoms with van der Waals surface area (Å²) >= 11 is 0. The number of nitrogens with zero attached hydrogens (tertiary/aromatic N) is 3. The number of aromatic nitrogens is 2. The average Bonchev–Trinajstić information content (AvgIpc) is 2.89. The van der Waals surface area contributed by atoms with Crippen LogP contribution in [-0.4, -0.2) is 22.6 Å². The largest absolute Gasteiger partial charge is 0.468 e. The fourth-order valence-corrected chi connectivity index (χ4v) is 4.15. The fraction of sp³-hybridized carbons (Fsp3) is 0.483. The molecule has 1 unspecified atom stereocenters. The van der Waals surface area contributed by atoms with Crippen molar-refractivity contribution in [3.63, 3.8) is 0 Å². The van der Waals surface area contributed by atoms with Crippen LogP contribution in [0.3, 0.4) is 0 Å². The second-order valence-electron chi connectivity index (χ2n) is 10.7. The molecule has 0 aliphatic heterocycles. The Balaban J connectivity index is 2.17. The Morgan fingerprint density at radius 2 is 1.63 bits per heavy atom. The zero-order chi connectivity index (χ0) is 28.3. The number of rotatable bonds is 11. The first kappa shape index (κ1) is 29.2. The average molecular weight is 531 g/mol. The molecule has 0 radical (unpaired) electrons. The maximum atomic E-state index is 13.7. The van der Waals surface area contributed by atoms with Crippen molar-refractivity contribution in [3.8, 4) is 5.75 Å². The van der Waals surface area contributed by atoms with E-state index in [4.69, 9.17) is 4.74 Å². The van der Waals surface area contributed by atoms with Crippen LogP contribution in [0.1, 0.15) is 84.7 Å². The van der Waals surface area contributed by atoms with E-state index < -0.39 is 18.2 Å². The summed E-state index contributed by atoms with van der Waals surface area (Å²) in [6, 6.07) is 12.5. The number of fused-ring (bicyclic) bond motifs is 1. The van der Waals surface area contributed by atoms with Crippen molar-refractivity contribution in [3.05, 3.63) is 59.4 Å². The molecule has 0 aliphatic rings. The molecule has 1 heterocycles. The van der Waals surface area contributed by atoms with E-state index in [9.17, 15) is 18.0 Å². The minimum Gasteiger partial charge on any atom is -0.468 e. The number of benzene rings is 2. The molecular formula is C29H37F3N4O2. The van der Waals surface area contributed by atoms with E-state index in [2.05, 4.69) is 63.0 Å². The molecule has 2 aromatic carbocycles. The molecule has 1 atom stereocenters. The third-order valence-corrected chi connectivity index (χ3v) is 7.41. The van der Waals surface area contributed by atoms with Gasteiger partial charge in [-0.25, -0.2) is 15.0 Å². The Morgan fingerprint density at radius 1 is 0.974 bits per heavy atom. The number of ether oxygens (including phenoxy) is 1. The number of halogens is 3. The predicted molar refractivity (Wildman–Crippen MR) is 144 cm³/mol. The third-order valence-electron chi connectivity index (χ3n) is 7.41. The van der Waals surface area contributed by atoms with Crippen LogP contribution >= 0.6 is 0 Å². The van der Waals surface area contributed by atoms with E-state index >= 15 is 0 Å². The van der Waals surface area contributed by atoms with Gasteiger partial charge in [-0.15, -0.1) is 0 Å². The normalized spacial score (nSPS) is 13.3. The van der Waals surface area contributed by atoms with E-state index in [0.29, 0.717) is 24.0 Å². The lowest BCUT2D eigenvalue weighted by atomic mass is 9.76. The van der Waals surface area contributed by atoms with Gasteiger partial charge in [0.25, 0.3) is 0 Å². The van der Waals surface area contributed by atoms with Crippen molar-refractivity contribution < 1.29 is 22.7 Å². The minimum atomic E-state index is -4.77. The van der Waals surface area contributed by atoms with Crippen molar-refractivity contribution in [2.24, 2.45) is 0 Å². The van der Waals surface area contributed by atoms with Gasteiger partial charge in [-0.2, -0.15) is 13.2 Å². The molecule has 0 bridgehead atoms. The highest BCUT2D eigenvalue weighted by atomic mass is 19.4. The van der Waals surface area contributed by atoms with Crippen LogP contribution in [-0.2, 0) is 21.8 Å². The maximum Gasteiger partial charge on any atom is 0.451 e. The number of carbonyl (C=O) groups excluding carboxylic acids is 1. The van der Waals surface area contributed by atoms with Crippen molar-refractivity contribution >= 4 is 23.1 Å². The highest BCUT2D eigenvalue weighted by Crippen LogP contribution is 2.40. The fourth-order valence-electron chi connectivity index (χ4n) is 4.15. The Kier molecular flexibility index (Phi) is 8.58. The molecular weight excluding hydrogens is 493 g/mol. The van der Waals surface area contributed by atoms with Crippen molar-refractivity contribution in [2.45, 2.75) is 91.0 Å². The number of hydrazine groups is 1. The van der Waals surface area contributed by atoms with Crippen LogP contribution in [0.5, 0.6) is 5.75 Å². The van der Waals surface area contributed by atoms with E-state index in [1.54, 1.807) is 18.2 Å². The van der Waals surface area contributed by atoms with Crippen LogP contribution in [0, 0.1) is 0 Å². The molecule has 0 fully saturated rings. The van der Waals surface area contributed by atoms with Crippen LogP contribution in [0.4, 0.5) is 19.0 Å². The first-order valence-electron chi connectivity index (χ1n) is 12.9. The quantitative estimate of drug-likeness (QED) is 0.160. The highest BCUT2D eigenvalue weighted by Gasteiger charge is 2.37. The van der Waals surface area contributed by atoms with Crippen LogP contribution in [0.25, 0.3) is 10.9 Å². The molecule has 0 aliphatic carbocycles. The van der Waals surface area contributed by atoms with Gasteiger partial charge in [-0.05, 0) is 47.4 Å². The second-order valence-corrected chi connectivity index (χ2v) is 10.7. The molecule has 0 saturated carbocycles. The standard InChI is InChI=1S/C29H37F3N4O2/c1-8-24(38-23-16-15-19(27(4,5)9-2)17-21(23)28(6,7)10-3)36(33-18-37)25-20-13-11-12-14-22(20)34-26(35-25)29(30,31)32/h11-18,24H,8-10H2,1-7H3,(H,33,37). The van der Waals surface area contributed by atoms with E-state index in [-0.39, 0.29) is 22.2 Å². The Labute approximate surface area is 222 Å². The molecule has 6 nitrogen and oxygen atoms in total. The van der Waals surface area contributed by atoms with Gasteiger partial charge in [0.1, 0.15) is 5.75 Å². The van der Waals surface area contributed by atoms with Gasteiger partial charge in [-0.3, -0.25) is 10.2 Å². The molecule has 38 heavy (non-hydrogen) atoms. The third kappa shape index (κ3) is 6.03. The number of hydrogen-bond acceptors (Lipinski definition) is 5. The summed E-state index contributed by atoms with van der Waals surface area (Å²) in [6.45, 7) is 14.7. The molecule has 206 valence electrons. The number of anilines is 1. The number of alkyl halides is 3. The summed E-state index contributed by atoms with van der Waals surface area (Å²) in [4.78, 5) is 19.2. The minimum absolute atomic E-state index is 0.0414. The van der Waals surface area contributed by atoms with Crippen LogP contribution in [0.2, 0.25) is 0 Å². The summed E-state index contributed by atoms with van der Waals surface area (Å²) in [6.07, 6.45) is -3.08. The first-order valence-corrected chi connectivity index (χ1v) is 12.9. The van der Waals surface area contributed by atoms with E-state index in [1.165, 1.54) is 16.6 Å². The lowest BCUT2D eigenvalue weighted by Gasteiger charge is -2.35. The van der Waals surface area contributed by atoms with Gasteiger partial charge >= 0.3 is 6.18 Å². The van der Waals surface area contributed by atoms with Crippen molar-refractivity contribution in [2.75, 3.05) is 5.01 Å². The summed E-state index contributed by atoms with van der Waals surface area (Å²) in [5.74, 6) is -0.786. The first-order chi connectivity index (χ1) is 17.8. The molecule has 0 spiro atoms. The lowest BCUT2D eigenvalue weighted by molar-refractivity contribution is -0.144. The molecule has 0 saturated heterocycles. The Hall–Kier alpha value is -3.36. The molecule has 1 amide bonds. The lowest BCUT2D eigenvalue weighted by Crippen LogP contribution is -2.49. The number of nitrogens with one attached hydrogen (secondary N) is 1. The van der Waals surface area contributed by atoms with Crippen molar-refractivity contribution in [1.29, 1.82) is 0 Å². The zero-order valence-corrected chi connectivity index (χ0v) is 23.1. The number of para-hydroxylation sites is 1. The number of carbonyl (C=O) groups is 1. The molecule has 9 heteroatoms. The smallest absolute Gasteiger partial charge is 0.451 e. The van der Waals surface area contributed by atoms with Gasteiger partial charge < -0.3 is 4.74 Å². The summed E-state index contributed by atoms with van der Waals surface area (Å²) in [5, 5.41) is 1.60. The van der Waals surface area contributed by atoms with Crippen LogP contribution < -0.4 is 15.2 Å². The topological polar surface area (TPSA) is 67.3 Å². The van der Waals surface area contributed by atoms with E-state index in [1.807, 2.05) is 19.1 Å². The Bertz CT molecular complexity index is 1270. The van der Waals surface area contributed by atoms with Crippen molar-refractivity contribution in [1.82, 2.24) is 15.4 Å². The summed E-state index contributed by atoms with van der Waals surface area (Å²) in [7, 11) is 0. The van der Waals surface area contributed by atoms with E-state index in [0.717, 1.165) is 18.4 Å². The SMILES string of the molecule is CCC(Oc1ccc(C(C)(C)CC)cc1C(C)(C)CC)N(NC=O)c1nc(C(F)(F)F)nc2ccccc12. The maximum absolute atomic E-state index is 13.7. The number of amides is 1. The molecule has 1 N–H and O–H groups in total.